The monoisotopic (exact) mass is 880 g/mol. The number of carbonyl (C=O) groups is 4. The van der Waals surface area contributed by atoms with Crippen molar-refractivity contribution in [3.8, 4) is 22.4 Å². The van der Waals surface area contributed by atoms with Crippen LogP contribution in [0.3, 0.4) is 0 Å². The molecular weight excluding hydrogens is 820 g/mol. The second kappa shape index (κ2) is 17.9. The van der Waals surface area contributed by atoms with Crippen LogP contribution in [0.2, 0.25) is 5.15 Å². The van der Waals surface area contributed by atoms with Crippen LogP contribution in [0.15, 0.2) is 54.6 Å². The number of hydrogen-bond acceptors (Lipinski definition) is 9. The zero-order valence-corrected chi connectivity index (χ0v) is 38.2. The molecule has 1 aromatic heterocycles. The van der Waals surface area contributed by atoms with Crippen molar-refractivity contribution in [2.24, 2.45) is 29.6 Å². The summed E-state index contributed by atoms with van der Waals surface area (Å²) in [6.07, 6.45) is 3.04. The van der Waals surface area contributed by atoms with Gasteiger partial charge in [-0.1, -0.05) is 95.6 Å². The van der Waals surface area contributed by atoms with E-state index >= 15 is 0 Å². The van der Waals surface area contributed by atoms with Crippen molar-refractivity contribution in [2.45, 2.75) is 110 Å². The summed E-state index contributed by atoms with van der Waals surface area (Å²) < 4.78 is 9.70. The number of ether oxygens (including phenoxy) is 2. The maximum atomic E-state index is 14.2. The summed E-state index contributed by atoms with van der Waals surface area (Å²) in [5.41, 5.74) is 5.57. The maximum Gasteiger partial charge on any atom is 0.407 e. The molecule has 336 valence electrons. The number of halogens is 1. The molecule has 0 radical (unpaired) electrons. The van der Waals surface area contributed by atoms with Gasteiger partial charge in [0, 0.05) is 23.5 Å². The fourth-order valence-electron chi connectivity index (χ4n) is 10.2. The van der Waals surface area contributed by atoms with Crippen LogP contribution in [0, 0.1) is 29.6 Å². The SMILES string of the molecule is COC(=O)NC(C(=O)N1CCC(C(C)C)CC1C1Nc2ccc3cc(-c4ccc(-c5nc(C6CC7CCC7N6C(=O)C(NC(=O)OC)C(C)C)[nH]c5Cl)cc4)ccc3c2N1)C(C)C. The molecule has 3 aromatic carbocycles. The second-order valence-electron chi connectivity index (χ2n) is 18.8. The van der Waals surface area contributed by atoms with Crippen molar-refractivity contribution < 1.29 is 28.7 Å². The van der Waals surface area contributed by atoms with Gasteiger partial charge in [-0.15, -0.1) is 0 Å². The van der Waals surface area contributed by atoms with E-state index in [1.54, 1.807) is 0 Å². The summed E-state index contributed by atoms with van der Waals surface area (Å²) in [6.45, 7) is 12.8. The van der Waals surface area contributed by atoms with Crippen molar-refractivity contribution in [3.05, 3.63) is 65.6 Å². The van der Waals surface area contributed by atoms with E-state index < -0.39 is 24.3 Å². The Bertz CT molecular complexity index is 2370. The minimum atomic E-state index is -0.720. The number of alkyl carbamates (subject to hydrolysis) is 2. The molecule has 14 nitrogen and oxygen atoms in total. The van der Waals surface area contributed by atoms with Gasteiger partial charge < -0.3 is 45.5 Å². The number of imidazole rings is 1. The third kappa shape index (κ3) is 8.50. The Morgan fingerprint density at radius 2 is 1.41 bits per heavy atom. The van der Waals surface area contributed by atoms with Crippen LogP contribution >= 0.6 is 11.6 Å². The number of carbonyl (C=O) groups excluding carboxylic acids is 4. The van der Waals surface area contributed by atoms with Gasteiger partial charge in [0.15, 0.2) is 0 Å². The topological polar surface area (TPSA) is 170 Å². The third-order valence-electron chi connectivity index (χ3n) is 14.0. The molecule has 15 heteroatoms. The second-order valence-corrected chi connectivity index (χ2v) is 19.2. The first-order chi connectivity index (χ1) is 30.2. The number of nitrogens with one attached hydrogen (secondary N) is 5. The molecule has 4 aromatic rings. The summed E-state index contributed by atoms with van der Waals surface area (Å²) in [5.74, 6) is 1.48. The Labute approximate surface area is 374 Å². The van der Waals surface area contributed by atoms with Crippen LogP contribution < -0.4 is 21.3 Å². The van der Waals surface area contributed by atoms with Gasteiger partial charge in [0.2, 0.25) is 11.8 Å². The Balaban J connectivity index is 0.999. The Hall–Kier alpha value is -5.50. The van der Waals surface area contributed by atoms with Crippen molar-refractivity contribution in [3.63, 3.8) is 0 Å². The molecule has 8 rings (SSSR count). The van der Waals surface area contributed by atoms with Crippen LogP contribution in [0.4, 0.5) is 21.0 Å². The van der Waals surface area contributed by atoms with Crippen molar-refractivity contribution in [1.29, 1.82) is 0 Å². The van der Waals surface area contributed by atoms with Crippen LogP contribution in [-0.2, 0) is 19.1 Å². The summed E-state index contributed by atoms with van der Waals surface area (Å²) in [7, 11) is 2.61. The molecule has 8 unspecified atom stereocenters. The fraction of sp³-hybridized carbons (Fsp3) is 0.521. The van der Waals surface area contributed by atoms with Gasteiger partial charge in [-0.25, -0.2) is 14.6 Å². The number of piperidine rings is 1. The lowest BCUT2D eigenvalue weighted by molar-refractivity contribution is -0.140. The van der Waals surface area contributed by atoms with Crippen LogP contribution in [0.25, 0.3) is 33.2 Å². The van der Waals surface area contributed by atoms with Crippen molar-refractivity contribution in [2.75, 3.05) is 31.4 Å². The zero-order valence-electron chi connectivity index (χ0n) is 37.5. The number of amides is 4. The van der Waals surface area contributed by atoms with Crippen molar-refractivity contribution >= 4 is 57.7 Å². The summed E-state index contributed by atoms with van der Waals surface area (Å²) >= 11 is 6.85. The molecule has 4 aliphatic rings. The molecule has 8 atom stereocenters. The molecule has 1 saturated carbocycles. The average Bonchev–Trinajstić information content (AvgIpc) is 3.96. The number of aromatic nitrogens is 2. The Kier molecular flexibility index (Phi) is 12.6. The smallest absolute Gasteiger partial charge is 0.407 e. The highest BCUT2D eigenvalue weighted by Gasteiger charge is 2.52. The number of benzene rings is 3. The molecule has 2 saturated heterocycles. The standard InChI is InChI=1S/C48H61ClN8O6/c1-24(2)29-19-20-56(45(58)38(25(3)4)53-47(60)62-7)36(22-29)43-50-34-17-14-31-21-30(13-16-33(31)41(34)52-43)27-9-11-28(12-10-27)40-42(49)55-44(51-40)37-23-32-15-18-35(32)57(37)46(59)39(26(5)6)54-48(61)63-8/h9-14,16-17,21,24-26,29,32,35-39,43,50,52H,15,18-20,22-23H2,1-8H3,(H,51,55)(H,53,60)(H,54,61). The molecule has 3 fully saturated rings. The van der Waals surface area contributed by atoms with E-state index in [0.717, 1.165) is 70.9 Å². The average molecular weight is 882 g/mol. The predicted molar refractivity (Wildman–Crippen MR) is 245 cm³/mol. The highest BCUT2D eigenvalue weighted by molar-refractivity contribution is 6.32. The van der Waals surface area contributed by atoms with Crippen molar-refractivity contribution in [1.82, 2.24) is 30.4 Å². The van der Waals surface area contributed by atoms with E-state index in [2.05, 4.69) is 82.6 Å². The molecule has 0 spiro atoms. The quantitative estimate of drug-likeness (QED) is 0.0989. The maximum absolute atomic E-state index is 14.2. The van der Waals surface area contributed by atoms with E-state index in [1.165, 1.54) is 14.2 Å². The molecular formula is C48H61ClN8O6. The zero-order chi connectivity index (χ0) is 44.9. The number of hydrogen-bond donors (Lipinski definition) is 5. The highest BCUT2D eigenvalue weighted by atomic mass is 35.5. The number of methoxy groups -OCH3 is 2. The van der Waals surface area contributed by atoms with E-state index in [4.69, 9.17) is 26.1 Å². The van der Waals surface area contributed by atoms with Crippen LogP contribution in [0.1, 0.15) is 85.5 Å². The molecule has 5 N–H and O–H groups in total. The third-order valence-corrected chi connectivity index (χ3v) is 14.3. The predicted octanol–water partition coefficient (Wildman–Crippen LogP) is 8.79. The lowest BCUT2D eigenvalue weighted by atomic mass is 9.80. The number of H-pyrrole nitrogens is 1. The van der Waals surface area contributed by atoms with Gasteiger partial charge in [0.1, 0.15) is 34.9 Å². The van der Waals surface area contributed by atoms with Gasteiger partial charge >= 0.3 is 12.2 Å². The first-order valence-electron chi connectivity index (χ1n) is 22.4. The minimum absolute atomic E-state index is 0.0945. The van der Waals surface area contributed by atoms with E-state index in [9.17, 15) is 19.2 Å². The number of likely N-dealkylation sites (tertiary alicyclic amines) is 2. The van der Waals surface area contributed by atoms with Crippen LogP contribution in [0.5, 0.6) is 0 Å². The summed E-state index contributed by atoms with van der Waals surface area (Å²) in [5, 5.41) is 15.6. The number of anilines is 2. The van der Waals surface area contributed by atoms with Gasteiger partial charge in [-0.05, 0) is 90.3 Å². The molecule has 4 amide bonds. The van der Waals surface area contributed by atoms with Gasteiger partial charge in [-0.3, -0.25) is 9.59 Å². The minimum Gasteiger partial charge on any atom is -0.453 e. The van der Waals surface area contributed by atoms with E-state index in [0.29, 0.717) is 41.0 Å². The number of fused-ring (bicyclic) bond motifs is 4. The first-order valence-corrected chi connectivity index (χ1v) is 22.8. The number of nitrogens with zero attached hydrogens (tertiary/aromatic N) is 3. The molecule has 0 bridgehead atoms. The van der Waals surface area contributed by atoms with Crippen LogP contribution in [-0.4, -0.2) is 94.9 Å². The molecule has 4 heterocycles. The molecule has 3 aliphatic heterocycles. The largest absolute Gasteiger partial charge is 0.453 e. The first kappa shape index (κ1) is 44.1. The van der Waals surface area contributed by atoms with Gasteiger partial charge in [-0.2, -0.15) is 0 Å². The number of aromatic amines is 1. The Morgan fingerprint density at radius 1 is 0.762 bits per heavy atom. The summed E-state index contributed by atoms with van der Waals surface area (Å²) in [4.78, 5) is 64.8. The molecule has 63 heavy (non-hydrogen) atoms. The lowest BCUT2D eigenvalue weighted by Gasteiger charge is -2.45. The van der Waals surface area contributed by atoms with Gasteiger partial charge in [0.05, 0.1) is 37.7 Å². The Morgan fingerprint density at radius 3 is 2.03 bits per heavy atom. The fourth-order valence-corrected chi connectivity index (χ4v) is 10.5. The number of rotatable bonds is 11. The lowest BCUT2D eigenvalue weighted by Crippen LogP contribution is -2.60. The van der Waals surface area contributed by atoms with E-state index in [1.807, 2.05) is 49.6 Å². The van der Waals surface area contributed by atoms with E-state index in [-0.39, 0.29) is 47.9 Å². The normalized spacial score (nSPS) is 23.7. The van der Waals surface area contributed by atoms with Gasteiger partial charge in [0.25, 0.3) is 0 Å². The highest BCUT2D eigenvalue weighted by Crippen LogP contribution is 2.50. The molecule has 1 aliphatic carbocycles. The summed E-state index contributed by atoms with van der Waals surface area (Å²) in [6, 6.07) is 17.1.